The Bertz CT molecular complexity index is 1210. The number of rotatable bonds is 4. The summed E-state index contributed by atoms with van der Waals surface area (Å²) in [6.45, 7) is 0. The molecule has 0 N–H and O–H groups in total. The first-order valence-corrected chi connectivity index (χ1v) is 9.55. The van der Waals surface area contributed by atoms with Crippen LogP contribution in [0, 0.1) is 0 Å². The molecule has 0 spiro atoms. The highest BCUT2D eigenvalue weighted by Gasteiger charge is 2.23. The molecule has 5 rings (SSSR count). The predicted octanol–water partition coefficient (Wildman–Crippen LogP) is 5.51. The first kappa shape index (κ1) is 19.3. The Hall–Kier alpha value is -4.05. The van der Waals surface area contributed by atoms with Crippen LogP contribution in [0.25, 0.3) is 33.9 Å². The molecule has 30 heavy (non-hydrogen) atoms. The summed E-state index contributed by atoms with van der Waals surface area (Å²) < 4.78 is 0. The van der Waals surface area contributed by atoms with Crippen molar-refractivity contribution < 1.29 is 4.80 Å². The van der Waals surface area contributed by atoms with Gasteiger partial charge in [-0.3, -0.25) is 0 Å². The van der Waals surface area contributed by atoms with Crippen molar-refractivity contribution in [1.82, 2.24) is 15.0 Å². The van der Waals surface area contributed by atoms with Crippen molar-refractivity contribution in [3.8, 4) is 33.9 Å². The van der Waals surface area contributed by atoms with E-state index in [0.29, 0.717) is 5.82 Å². The van der Waals surface area contributed by atoms with Gasteiger partial charge in [-0.15, -0.1) is 0 Å². The molecule has 0 atom stereocenters. The minimum absolute atomic E-state index is 0. The predicted molar refractivity (Wildman–Crippen MR) is 120 cm³/mol. The minimum atomic E-state index is 0. The monoisotopic (exact) mass is 391 g/mol. The van der Waals surface area contributed by atoms with Crippen molar-refractivity contribution in [2.75, 3.05) is 0 Å². The van der Waals surface area contributed by atoms with Crippen LogP contribution in [-0.2, 0) is 0 Å². The molecular formula is C26H23N4+. The average molecular weight is 391 g/mol. The summed E-state index contributed by atoms with van der Waals surface area (Å²) in [5.74, 6) is 0.682. The lowest BCUT2D eigenvalue weighted by Gasteiger charge is -2.03. The lowest BCUT2D eigenvalue weighted by molar-refractivity contribution is -0.734. The third kappa shape index (κ3) is 3.76. The van der Waals surface area contributed by atoms with Gasteiger partial charge in [0.05, 0.1) is 10.7 Å². The van der Waals surface area contributed by atoms with Crippen molar-refractivity contribution in [1.29, 1.82) is 0 Å². The molecule has 0 aliphatic carbocycles. The zero-order valence-electron chi connectivity index (χ0n) is 15.8. The molecule has 4 nitrogen and oxygen atoms in total. The fourth-order valence-electron chi connectivity index (χ4n) is 3.30. The van der Waals surface area contributed by atoms with E-state index in [-0.39, 0.29) is 7.43 Å². The number of aromatic nitrogens is 4. The van der Waals surface area contributed by atoms with Crippen LogP contribution in [0.2, 0.25) is 0 Å². The second-order valence-electron chi connectivity index (χ2n) is 6.72. The topological polar surface area (TPSA) is 34.6 Å². The minimum Gasteiger partial charge on any atom is -0.0776 e. The number of hydrogen-bond acceptors (Lipinski definition) is 2. The van der Waals surface area contributed by atoms with Crippen LogP contribution in [0.5, 0.6) is 0 Å². The molecule has 1 aromatic heterocycles. The molecule has 5 aromatic rings. The first-order chi connectivity index (χ1) is 14.4. The van der Waals surface area contributed by atoms with E-state index in [1.807, 2.05) is 76.3 Å². The number of para-hydroxylation sites is 1. The molecule has 0 saturated heterocycles. The van der Waals surface area contributed by atoms with Crippen LogP contribution in [0.3, 0.4) is 0 Å². The Kier molecular flexibility index (Phi) is 5.48. The molecule has 0 bridgehead atoms. The van der Waals surface area contributed by atoms with Crippen LogP contribution >= 0.6 is 0 Å². The van der Waals surface area contributed by atoms with Gasteiger partial charge in [0.2, 0.25) is 0 Å². The van der Waals surface area contributed by atoms with Gasteiger partial charge in [-0.05, 0) is 69.6 Å². The van der Waals surface area contributed by atoms with Crippen molar-refractivity contribution in [3.63, 3.8) is 0 Å². The Balaban J connectivity index is 0.00000218. The van der Waals surface area contributed by atoms with Gasteiger partial charge in [0.1, 0.15) is 5.69 Å². The first-order valence-electron chi connectivity index (χ1n) is 9.55. The summed E-state index contributed by atoms with van der Waals surface area (Å²) in [7, 11) is 0. The summed E-state index contributed by atoms with van der Waals surface area (Å²) in [5.41, 5.74) is 5.25. The number of hydrogen-bond donors (Lipinski definition) is 0. The van der Waals surface area contributed by atoms with Crippen molar-refractivity contribution in [2.24, 2.45) is 0 Å². The quantitative estimate of drug-likeness (QED) is 0.378. The molecule has 0 unspecified atom stereocenters. The Labute approximate surface area is 176 Å². The lowest BCUT2D eigenvalue weighted by Crippen LogP contribution is -2.43. The van der Waals surface area contributed by atoms with Gasteiger partial charge in [0, 0.05) is 4.80 Å². The highest BCUT2D eigenvalue weighted by Crippen LogP contribution is 2.20. The lowest BCUT2D eigenvalue weighted by atomic mass is 10.1. The highest BCUT2D eigenvalue weighted by atomic mass is 15.7. The summed E-state index contributed by atoms with van der Waals surface area (Å²) >= 11 is 0. The SMILES string of the molecule is C.c1ccc(-c2ccc(-[n+]3nc(-c4ccccc4)nn3-c3ccccc3)cc2)cc1. The van der Waals surface area contributed by atoms with Crippen molar-refractivity contribution in [2.45, 2.75) is 7.43 Å². The fraction of sp³-hybridized carbons (Fsp3) is 0.0385. The maximum Gasteiger partial charge on any atom is 0.340 e. The standard InChI is InChI=1S/C25H19N4.CH4/c1-4-10-20(11-5-1)21-16-18-24(19-17-21)29-27-25(22-12-6-2-7-13-22)26-28(29)23-14-8-3-9-15-23;/h1-19H;1H4/q+1;. The van der Waals surface area contributed by atoms with E-state index in [1.54, 1.807) is 0 Å². The molecule has 1 heterocycles. The van der Waals surface area contributed by atoms with Gasteiger partial charge in [-0.1, -0.05) is 74.2 Å². The molecule has 0 aliphatic heterocycles. The Morgan fingerprint density at radius 3 is 1.63 bits per heavy atom. The van der Waals surface area contributed by atoms with Crippen LogP contribution < -0.4 is 4.80 Å². The molecule has 0 fully saturated rings. The van der Waals surface area contributed by atoms with Crippen LogP contribution in [0.15, 0.2) is 115 Å². The van der Waals surface area contributed by atoms with Gasteiger partial charge in [0.25, 0.3) is 0 Å². The van der Waals surface area contributed by atoms with Gasteiger partial charge in [0.15, 0.2) is 5.69 Å². The summed E-state index contributed by atoms with van der Waals surface area (Å²) in [4.78, 5) is 3.67. The Morgan fingerprint density at radius 1 is 0.533 bits per heavy atom. The molecule has 4 heteroatoms. The van der Waals surface area contributed by atoms with Crippen LogP contribution in [-0.4, -0.2) is 15.0 Å². The van der Waals surface area contributed by atoms with Crippen LogP contribution in [0.1, 0.15) is 7.43 Å². The molecule has 0 saturated carbocycles. The van der Waals surface area contributed by atoms with E-state index in [1.165, 1.54) is 11.1 Å². The van der Waals surface area contributed by atoms with Gasteiger partial charge in [-0.25, -0.2) is 0 Å². The third-order valence-corrected chi connectivity index (χ3v) is 4.78. The van der Waals surface area contributed by atoms with E-state index in [4.69, 9.17) is 10.2 Å². The van der Waals surface area contributed by atoms with Gasteiger partial charge < -0.3 is 0 Å². The van der Waals surface area contributed by atoms with Crippen molar-refractivity contribution >= 4 is 0 Å². The molecule has 146 valence electrons. The largest absolute Gasteiger partial charge is 0.340 e. The smallest absolute Gasteiger partial charge is 0.0776 e. The molecular weight excluding hydrogens is 368 g/mol. The van der Waals surface area contributed by atoms with Gasteiger partial charge >= 0.3 is 5.82 Å². The highest BCUT2D eigenvalue weighted by molar-refractivity contribution is 5.64. The molecule has 0 amide bonds. The Morgan fingerprint density at radius 2 is 1.03 bits per heavy atom. The summed E-state index contributed by atoms with van der Waals surface area (Å²) in [5, 5.41) is 9.57. The normalized spacial score (nSPS) is 10.4. The molecule has 0 aliphatic rings. The summed E-state index contributed by atoms with van der Waals surface area (Å²) in [6, 6.07) is 38.8. The molecule has 0 radical (unpaired) electrons. The van der Waals surface area contributed by atoms with E-state index < -0.39 is 0 Å². The zero-order chi connectivity index (χ0) is 19.5. The number of nitrogens with zero attached hydrogens (tertiary/aromatic N) is 4. The van der Waals surface area contributed by atoms with E-state index in [0.717, 1.165) is 16.9 Å². The summed E-state index contributed by atoms with van der Waals surface area (Å²) in [6.07, 6.45) is 0. The second-order valence-corrected chi connectivity index (χ2v) is 6.72. The maximum atomic E-state index is 4.80. The van der Waals surface area contributed by atoms with Gasteiger partial charge in [-0.2, -0.15) is 0 Å². The third-order valence-electron chi connectivity index (χ3n) is 4.78. The zero-order valence-corrected chi connectivity index (χ0v) is 15.8. The van der Waals surface area contributed by atoms with Crippen molar-refractivity contribution in [3.05, 3.63) is 115 Å². The maximum absolute atomic E-state index is 4.80. The number of tetrazole rings is 1. The second kappa shape index (κ2) is 8.53. The molecule has 4 aromatic carbocycles. The van der Waals surface area contributed by atoms with Crippen LogP contribution in [0.4, 0.5) is 0 Å². The fourth-order valence-corrected chi connectivity index (χ4v) is 3.30. The van der Waals surface area contributed by atoms with E-state index in [2.05, 4.69) is 48.5 Å². The number of benzene rings is 4. The van der Waals surface area contributed by atoms with E-state index in [9.17, 15) is 0 Å². The van der Waals surface area contributed by atoms with E-state index >= 15 is 0 Å². The average Bonchev–Trinajstić information content (AvgIpc) is 3.27.